The summed E-state index contributed by atoms with van der Waals surface area (Å²) in [5.41, 5.74) is 2.67. The minimum absolute atomic E-state index is 0.0691. The molecule has 3 rings (SSSR count). The molecule has 0 fully saturated rings. The highest BCUT2D eigenvalue weighted by atomic mass is 32.2. The maximum absolute atomic E-state index is 11.5. The third-order valence-corrected chi connectivity index (χ3v) is 6.84. The van der Waals surface area contributed by atoms with E-state index < -0.39 is 22.2 Å². The van der Waals surface area contributed by atoms with Gasteiger partial charge in [0.05, 0.1) is 17.1 Å². The molecular formula is C26H32N2O4S. The maximum Gasteiger partial charge on any atom is 0.238 e. The molecule has 0 radical (unpaired) electrons. The Balaban J connectivity index is 1.70. The molecule has 3 atom stereocenters. The van der Waals surface area contributed by atoms with Crippen LogP contribution in [0.4, 0.5) is 0 Å². The van der Waals surface area contributed by atoms with Crippen molar-refractivity contribution >= 4 is 10.0 Å². The number of hydrogen-bond acceptors (Lipinski definition) is 5. The third kappa shape index (κ3) is 7.48. The van der Waals surface area contributed by atoms with E-state index in [1.54, 1.807) is 12.1 Å². The van der Waals surface area contributed by atoms with Crippen molar-refractivity contribution in [3.05, 3.63) is 102 Å². The van der Waals surface area contributed by atoms with Gasteiger partial charge in [-0.25, -0.2) is 13.6 Å². The predicted octanol–water partition coefficient (Wildman–Crippen LogP) is 3.42. The van der Waals surface area contributed by atoms with E-state index in [0.717, 1.165) is 29.5 Å². The molecule has 0 spiro atoms. The zero-order chi connectivity index (χ0) is 23.8. The van der Waals surface area contributed by atoms with Crippen molar-refractivity contribution in [3.8, 4) is 0 Å². The van der Waals surface area contributed by atoms with E-state index in [1.165, 1.54) is 12.1 Å². The second-order valence-electron chi connectivity index (χ2n) is 8.38. The summed E-state index contributed by atoms with van der Waals surface area (Å²) in [6.45, 7) is 2.85. The average Bonchev–Trinajstić information content (AvgIpc) is 2.82. The Morgan fingerprint density at radius 2 is 1.24 bits per heavy atom. The highest BCUT2D eigenvalue weighted by molar-refractivity contribution is 7.89. The van der Waals surface area contributed by atoms with Gasteiger partial charge in [-0.1, -0.05) is 72.8 Å². The normalized spacial score (nSPS) is 14.7. The van der Waals surface area contributed by atoms with E-state index >= 15 is 0 Å². The SMILES string of the molecule is C[C@H](CCc1ccc(S(N)(=O)=O)cc1)N(C[C@@H](O)c1ccccc1)C[C@@H](O)c1ccccc1. The van der Waals surface area contributed by atoms with E-state index in [-0.39, 0.29) is 10.9 Å². The quantitative estimate of drug-likeness (QED) is 0.400. The van der Waals surface area contributed by atoms with E-state index in [1.807, 2.05) is 60.7 Å². The molecule has 7 heteroatoms. The molecule has 176 valence electrons. The summed E-state index contributed by atoms with van der Waals surface area (Å²) < 4.78 is 22.9. The lowest BCUT2D eigenvalue weighted by molar-refractivity contribution is 0.0460. The minimum Gasteiger partial charge on any atom is -0.387 e. The lowest BCUT2D eigenvalue weighted by Crippen LogP contribution is -2.39. The summed E-state index contributed by atoms with van der Waals surface area (Å²) in [5, 5.41) is 26.8. The van der Waals surface area contributed by atoms with Crippen LogP contribution in [0.15, 0.2) is 89.8 Å². The molecule has 4 N–H and O–H groups in total. The highest BCUT2D eigenvalue weighted by Gasteiger charge is 2.22. The Hall–Kier alpha value is -2.55. The third-order valence-electron chi connectivity index (χ3n) is 5.91. The highest BCUT2D eigenvalue weighted by Crippen LogP contribution is 2.22. The Morgan fingerprint density at radius 3 is 1.67 bits per heavy atom. The molecule has 0 aliphatic rings. The van der Waals surface area contributed by atoms with Gasteiger partial charge in [0.15, 0.2) is 0 Å². The van der Waals surface area contributed by atoms with Gasteiger partial charge in [-0.05, 0) is 48.6 Å². The van der Waals surface area contributed by atoms with Crippen molar-refractivity contribution < 1.29 is 18.6 Å². The first-order chi connectivity index (χ1) is 15.7. The van der Waals surface area contributed by atoms with E-state index in [2.05, 4.69) is 11.8 Å². The van der Waals surface area contributed by atoms with Crippen LogP contribution in [-0.4, -0.2) is 42.7 Å². The first-order valence-electron chi connectivity index (χ1n) is 11.1. The summed E-state index contributed by atoms with van der Waals surface area (Å²) in [6.07, 6.45) is 0.153. The zero-order valence-corrected chi connectivity index (χ0v) is 19.6. The monoisotopic (exact) mass is 468 g/mol. The summed E-state index contributed by atoms with van der Waals surface area (Å²) in [4.78, 5) is 2.20. The Morgan fingerprint density at radius 1 is 0.788 bits per heavy atom. The first-order valence-corrected chi connectivity index (χ1v) is 12.6. The van der Waals surface area contributed by atoms with Gasteiger partial charge in [0.25, 0.3) is 0 Å². The largest absolute Gasteiger partial charge is 0.387 e. The molecule has 0 unspecified atom stereocenters. The average molecular weight is 469 g/mol. The number of benzene rings is 3. The zero-order valence-electron chi connectivity index (χ0n) is 18.8. The second kappa shape index (κ2) is 11.5. The van der Waals surface area contributed by atoms with Crippen molar-refractivity contribution in [2.75, 3.05) is 13.1 Å². The number of hydrogen-bond donors (Lipinski definition) is 3. The van der Waals surface area contributed by atoms with Crippen molar-refractivity contribution in [1.82, 2.24) is 4.90 Å². The lowest BCUT2D eigenvalue weighted by Gasteiger charge is -2.33. The number of nitrogens with two attached hydrogens (primary N) is 1. The van der Waals surface area contributed by atoms with Crippen LogP contribution in [0.3, 0.4) is 0 Å². The van der Waals surface area contributed by atoms with Crippen LogP contribution in [0, 0.1) is 0 Å². The Bertz CT molecular complexity index is 1040. The fourth-order valence-electron chi connectivity index (χ4n) is 3.84. The van der Waals surface area contributed by atoms with Crippen LogP contribution in [0.1, 0.15) is 42.2 Å². The van der Waals surface area contributed by atoms with Crippen molar-refractivity contribution in [1.29, 1.82) is 0 Å². The number of primary sulfonamides is 1. The van der Waals surface area contributed by atoms with Gasteiger partial charge in [-0.2, -0.15) is 0 Å². The van der Waals surface area contributed by atoms with Gasteiger partial charge in [0.2, 0.25) is 10.0 Å². The van der Waals surface area contributed by atoms with Crippen LogP contribution >= 0.6 is 0 Å². The molecule has 3 aromatic carbocycles. The van der Waals surface area contributed by atoms with Crippen molar-refractivity contribution in [3.63, 3.8) is 0 Å². The van der Waals surface area contributed by atoms with Gasteiger partial charge in [-0.3, -0.25) is 4.90 Å². The minimum atomic E-state index is -3.71. The van der Waals surface area contributed by atoms with Crippen LogP contribution in [0.5, 0.6) is 0 Å². The van der Waals surface area contributed by atoms with Gasteiger partial charge < -0.3 is 10.2 Å². The fraction of sp³-hybridized carbons (Fsp3) is 0.308. The predicted molar refractivity (Wildman–Crippen MR) is 130 cm³/mol. The molecule has 0 heterocycles. The fourth-order valence-corrected chi connectivity index (χ4v) is 4.36. The molecule has 3 aromatic rings. The molecule has 6 nitrogen and oxygen atoms in total. The molecule has 33 heavy (non-hydrogen) atoms. The first kappa shape index (κ1) is 25.1. The molecule has 0 saturated heterocycles. The van der Waals surface area contributed by atoms with Gasteiger partial charge in [0.1, 0.15) is 0 Å². The van der Waals surface area contributed by atoms with Gasteiger partial charge in [-0.15, -0.1) is 0 Å². The molecule has 0 amide bonds. The molecule has 0 bridgehead atoms. The summed E-state index contributed by atoms with van der Waals surface area (Å²) in [6, 6.07) is 25.7. The number of nitrogens with zero attached hydrogens (tertiary/aromatic N) is 1. The topological polar surface area (TPSA) is 104 Å². The number of sulfonamides is 1. The van der Waals surface area contributed by atoms with E-state index in [4.69, 9.17) is 5.14 Å². The number of aliphatic hydroxyl groups excluding tert-OH is 2. The van der Waals surface area contributed by atoms with Crippen LogP contribution < -0.4 is 5.14 Å². The van der Waals surface area contributed by atoms with Crippen LogP contribution in [0.25, 0.3) is 0 Å². The molecule has 0 aliphatic carbocycles. The molecule has 0 aromatic heterocycles. The van der Waals surface area contributed by atoms with Gasteiger partial charge >= 0.3 is 0 Å². The van der Waals surface area contributed by atoms with Crippen molar-refractivity contribution in [2.45, 2.75) is 42.9 Å². The number of aliphatic hydroxyl groups is 2. The van der Waals surface area contributed by atoms with Crippen LogP contribution in [-0.2, 0) is 16.4 Å². The standard InChI is InChI=1S/C26H32N2O4S/c1-20(12-13-21-14-16-24(17-15-21)33(27,31)32)28(18-25(29)22-8-4-2-5-9-22)19-26(30)23-10-6-3-7-11-23/h2-11,14-17,20,25-26,29-30H,12-13,18-19H2,1H3,(H2,27,31,32)/t20-,25-,26-/m1/s1. The van der Waals surface area contributed by atoms with E-state index in [9.17, 15) is 18.6 Å². The van der Waals surface area contributed by atoms with E-state index in [0.29, 0.717) is 13.1 Å². The maximum atomic E-state index is 11.5. The van der Waals surface area contributed by atoms with Gasteiger partial charge in [0, 0.05) is 19.1 Å². The Labute approximate surface area is 196 Å². The molecule has 0 saturated carbocycles. The molecular weight excluding hydrogens is 436 g/mol. The summed E-state index contributed by atoms with van der Waals surface area (Å²) >= 11 is 0. The number of aryl methyl sites for hydroxylation is 1. The van der Waals surface area contributed by atoms with Crippen molar-refractivity contribution in [2.24, 2.45) is 5.14 Å². The Kier molecular flexibility index (Phi) is 8.77. The second-order valence-corrected chi connectivity index (χ2v) is 9.94. The summed E-state index contributed by atoms with van der Waals surface area (Å²) in [7, 11) is -3.71. The lowest BCUT2D eigenvalue weighted by atomic mass is 10.0. The smallest absolute Gasteiger partial charge is 0.238 e. The van der Waals surface area contributed by atoms with Crippen LogP contribution in [0.2, 0.25) is 0 Å². The molecule has 0 aliphatic heterocycles. The number of rotatable bonds is 11. The summed E-state index contributed by atoms with van der Waals surface area (Å²) in [5.74, 6) is 0.